The standard InChI is InChI=1S/C24H25NO4/c26-21(18-8-6-11-20(16-18)25-15-7-12-22(25)27)17-29-23(28)24(13-4-5-14-24)19-9-2-1-3-10-19/h1-3,6,8-11,16H,4-5,7,12-15,17H2. The largest absolute Gasteiger partial charge is 0.457 e. The average Bonchev–Trinajstić information content (AvgIpc) is 3.42. The highest BCUT2D eigenvalue weighted by atomic mass is 16.5. The van der Waals surface area contributed by atoms with Gasteiger partial charge in [-0.25, -0.2) is 0 Å². The minimum Gasteiger partial charge on any atom is -0.457 e. The van der Waals surface area contributed by atoms with E-state index < -0.39 is 5.41 Å². The van der Waals surface area contributed by atoms with Crippen LogP contribution < -0.4 is 4.90 Å². The number of nitrogens with zero attached hydrogens (tertiary/aromatic N) is 1. The number of ether oxygens (including phenoxy) is 1. The number of hydrogen-bond acceptors (Lipinski definition) is 4. The molecular weight excluding hydrogens is 366 g/mol. The molecule has 1 saturated carbocycles. The predicted octanol–water partition coefficient (Wildman–Crippen LogP) is 4.05. The van der Waals surface area contributed by atoms with Gasteiger partial charge in [-0.05, 0) is 37.0 Å². The fraction of sp³-hybridized carbons (Fsp3) is 0.375. The third-order valence-corrected chi connectivity index (χ3v) is 6.06. The minimum absolute atomic E-state index is 0.0760. The van der Waals surface area contributed by atoms with Crippen LogP contribution in [0.1, 0.15) is 54.4 Å². The summed E-state index contributed by atoms with van der Waals surface area (Å²) in [4.78, 5) is 39.3. The van der Waals surface area contributed by atoms with Crippen LogP contribution in [0.15, 0.2) is 54.6 Å². The second-order valence-electron chi connectivity index (χ2n) is 7.85. The minimum atomic E-state index is -0.647. The highest BCUT2D eigenvalue weighted by molar-refractivity contribution is 6.01. The second-order valence-corrected chi connectivity index (χ2v) is 7.85. The van der Waals surface area contributed by atoms with Crippen LogP contribution in [-0.2, 0) is 19.7 Å². The number of carbonyl (C=O) groups is 3. The molecule has 2 aromatic rings. The van der Waals surface area contributed by atoms with Crippen LogP contribution in [0.3, 0.4) is 0 Å². The molecule has 150 valence electrons. The van der Waals surface area contributed by atoms with Gasteiger partial charge in [0.25, 0.3) is 0 Å². The van der Waals surface area contributed by atoms with Crippen LogP contribution in [0, 0.1) is 0 Å². The Morgan fingerprint density at radius 3 is 2.41 bits per heavy atom. The van der Waals surface area contributed by atoms with Crippen molar-refractivity contribution in [2.75, 3.05) is 18.1 Å². The zero-order valence-corrected chi connectivity index (χ0v) is 16.4. The van der Waals surface area contributed by atoms with Crippen LogP contribution in [-0.4, -0.2) is 30.8 Å². The van der Waals surface area contributed by atoms with Gasteiger partial charge in [-0.1, -0.05) is 55.3 Å². The van der Waals surface area contributed by atoms with Crippen LogP contribution in [0.2, 0.25) is 0 Å². The van der Waals surface area contributed by atoms with E-state index in [9.17, 15) is 14.4 Å². The molecule has 1 aliphatic carbocycles. The Bertz CT molecular complexity index is 915. The molecule has 0 atom stereocenters. The van der Waals surface area contributed by atoms with Gasteiger partial charge in [-0.3, -0.25) is 14.4 Å². The summed E-state index contributed by atoms with van der Waals surface area (Å²) < 4.78 is 5.52. The summed E-state index contributed by atoms with van der Waals surface area (Å²) in [6, 6.07) is 16.7. The first kappa shape index (κ1) is 19.4. The fourth-order valence-electron chi connectivity index (χ4n) is 4.47. The number of rotatable bonds is 6. The summed E-state index contributed by atoms with van der Waals surface area (Å²) in [5.74, 6) is -0.499. The Balaban J connectivity index is 1.45. The molecule has 1 amide bonds. The highest BCUT2D eigenvalue weighted by Crippen LogP contribution is 2.42. The molecule has 0 bridgehead atoms. The van der Waals surface area contributed by atoms with Gasteiger partial charge in [0.1, 0.15) is 0 Å². The van der Waals surface area contributed by atoms with Crippen molar-refractivity contribution in [2.24, 2.45) is 0 Å². The van der Waals surface area contributed by atoms with Gasteiger partial charge in [0.15, 0.2) is 12.4 Å². The monoisotopic (exact) mass is 391 g/mol. The number of benzene rings is 2. The van der Waals surface area contributed by atoms with Crippen LogP contribution in [0.4, 0.5) is 5.69 Å². The van der Waals surface area contributed by atoms with E-state index in [1.807, 2.05) is 36.4 Å². The lowest BCUT2D eigenvalue weighted by atomic mass is 9.79. The Morgan fingerprint density at radius 1 is 0.966 bits per heavy atom. The summed E-state index contributed by atoms with van der Waals surface area (Å²) in [5, 5.41) is 0. The van der Waals surface area contributed by atoms with Gasteiger partial charge in [-0.15, -0.1) is 0 Å². The lowest BCUT2D eigenvalue weighted by Gasteiger charge is -2.27. The van der Waals surface area contributed by atoms with Crippen LogP contribution >= 0.6 is 0 Å². The first-order chi connectivity index (χ1) is 14.1. The first-order valence-corrected chi connectivity index (χ1v) is 10.3. The van der Waals surface area contributed by atoms with Crippen LogP contribution in [0.5, 0.6) is 0 Å². The molecule has 1 aliphatic heterocycles. The summed E-state index contributed by atoms with van der Waals surface area (Å²) in [6.45, 7) is 0.385. The van der Waals surface area contributed by atoms with Crippen LogP contribution in [0.25, 0.3) is 0 Å². The fourth-order valence-corrected chi connectivity index (χ4v) is 4.47. The summed E-state index contributed by atoms with van der Waals surface area (Å²) in [6.07, 6.45) is 4.81. The van der Waals surface area contributed by atoms with Gasteiger partial charge in [0.05, 0.1) is 5.41 Å². The van der Waals surface area contributed by atoms with E-state index in [1.165, 1.54) is 0 Å². The van der Waals surface area contributed by atoms with Gasteiger partial charge in [-0.2, -0.15) is 0 Å². The zero-order valence-electron chi connectivity index (χ0n) is 16.4. The highest BCUT2D eigenvalue weighted by Gasteiger charge is 2.44. The Kier molecular flexibility index (Phi) is 5.47. The zero-order chi connectivity index (χ0) is 20.3. The Hall–Kier alpha value is -2.95. The van der Waals surface area contributed by atoms with E-state index in [0.29, 0.717) is 18.5 Å². The third-order valence-electron chi connectivity index (χ3n) is 6.06. The second kappa shape index (κ2) is 8.19. The molecule has 0 N–H and O–H groups in total. The third kappa shape index (κ3) is 3.82. The van der Waals surface area contributed by atoms with E-state index in [1.54, 1.807) is 23.1 Å². The van der Waals surface area contributed by atoms with Crippen molar-refractivity contribution >= 4 is 23.3 Å². The maximum Gasteiger partial charge on any atom is 0.317 e. The molecule has 1 saturated heterocycles. The maximum absolute atomic E-state index is 13.0. The number of hydrogen-bond donors (Lipinski definition) is 0. The molecule has 0 unspecified atom stereocenters. The molecule has 1 heterocycles. The first-order valence-electron chi connectivity index (χ1n) is 10.3. The van der Waals surface area contributed by atoms with Crippen molar-refractivity contribution in [1.29, 1.82) is 0 Å². The number of ketones is 1. The van der Waals surface area contributed by atoms with E-state index in [0.717, 1.165) is 43.4 Å². The molecular formula is C24H25NO4. The van der Waals surface area contributed by atoms with Crippen molar-refractivity contribution in [3.63, 3.8) is 0 Å². The molecule has 2 fully saturated rings. The van der Waals surface area contributed by atoms with E-state index in [-0.39, 0.29) is 24.3 Å². The van der Waals surface area contributed by atoms with Crippen molar-refractivity contribution in [1.82, 2.24) is 0 Å². The molecule has 4 rings (SSSR count). The van der Waals surface area contributed by atoms with Crippen molar-refractivity contribution in [2.45, 2.75) is 43.9 Å². The molecule has 29 heavy (non-hydrogen) atoms. The summed E-state index contributed by atoms with van der Waals surface area (Å²) >= 11 is 0. The number of carbonyl (C=O) groups excluding carboxylic acids is 3. The molecule has 0 aromatic heterocycles. The lowest BCUT2D eigenvalue weighted by molar-refractivity contribution is -0.149. The van der Waals surface area contributed by atoms with E-state index in [2.05, 4.69) is 0 Å². The normalized spacial score (nSPS) is 18.1. The molecule has 5 nitrogen and oxygen atoms in total. The summed E-state index contributed by atoms with van der Waals surface area (Å²) in [5.41, 5.74) is 1.49. The van der Waals surface area contributed by atoms with E-state index in [4.69, 9.17) is 4.74 Å². The van der Waals surface area contributed by atoms with Gasteiger partial charge < -0.3 is 9.64 Å². The van der Waals surface area contributed by atoms with Crippen molar-refractivity contribution < 1.29 is 19.1 Å². The Morgan fingerprint density at radius 2 is 1.72 bits per heavy atom. The lowest BCUT2D eigenvalue weighted by Crippen LogP contribution is -2.35. The van der Waals surface area contributed by atoms with Crippen molar-refractivity contribution in [3.8, 4) is 0 Å². The Labute approximate surface area is 170 Å². The number of Topliss-reactive ketones (excluding diaryl/α,β-unsaturated/α-hetero) is 1. The van der Waals surface area contributed by atoms with Gasteiger partial charge >= 0.3 is 5.97 Å². The van der Waals surface area contributed by atoms with E-state index >= 15 is 0 Å². The number of amides is 1. The van der Waals surface area contributed by atoms with Gasteiger partial charge in [0.2, 0.25) is 5.91 Å². The average molecular weight is 391 g/mol. The topological polar surface area (TPSA) is 63.7 Å². The molecule has 0 radical (unpaired) electrons. The summed E-state index contributed by atoms with van der Waals surface area (Å²) in [7, 11) is 0. The smallest absolute Gasteiger partial charge is 0.317 e. The molecule has 5 heteroatoms. The maximum atomic E-state index is 13.0. The SMILES string of the molecule is O=C(COC(=O)C1(c2ccccc2)CCCC1)c1cccc(N2CCCC2=O)c1. The molecule has 2 aliphatic rings. The molecule has 2 aromatic carbocycles. The quantitative estimate of drug-likeness (QED) is 0.550. The number of esters is 1. The number of anilines is 1. The van der Waals surface area contributed by atoms with Gasteiger partial charge in [0, 0.05) is 24.2 Å². The predicted molar refractivity (Wildman–Crippen MR) is 110 cm³/mol. The molecule has 0 spiro atoms. The van der Waals surface area contributed by atoms with Crippen molar-refractivity contribution in [3.05, 3.63) is 65.7 Å².